The molecule has 0 aliphatic carbocycles. The fourth-order valence-corrected chi connectivity index (χ4v) is 2.34. The van der Waals surface area contributed by atoms with Gasteiger partial charge in [-0.15, -0.1) is 0 Å². The molecule has 0 aromatic heterocycles. The minimum Gasteiger partial charge on any atom is -0.504 e. The van der Waals surface area contributed by atoms with Crippen molar-refractivity contribution in [3.05, 3.63) is 59.4 Å². The summed E-state index contributed by atoms with van der Waals surface area (Å²) in [5.41, 5.74) is 1.61. The molecule has 23 heavy (non-hydrogen) atoms. The average Bonchev–Trinajstić information content (AvgIpc) is 2.51. The molecule has 0 saturated heterocycles. The van der Waals surface area contributed by atoms with Crippen molar-refractivity contribution in [3.8, 4) is 11.5 Å². The standard InChI is InChI=1S/C18H20FNO3/c1-12(9-14-5-6-16(21)17(22)11-14)18(23)20-8-7-13-3-2-4-15(19)10-13/h2-6,10-12,21-22H,7-9H2,1H3,(H,20,23). The molecule has 4 nitrogen and oxygen atoms in total. The van der Waals surface area contributed by atoms with E-state index < -0.39 is 0 Å². The van der Waals surface area contributed by atoms with E-state index in [0.717, 1.165) is 11.1 Å². The Morgan fingerprint density at radius 1 is 1.13 bits per heavy atom. The Labute approximate surface area is 134 Å². The van der Waals surface area contributed by atoms with Crippen LogP contribution in [0.1, 0.15) is 18.1 Å². The Morgan fingerprint density at radius 2 is 1.91 bits per heavy atom. The van der Waals surface area contributed by atoms with Gasteiger partial charge in [0.15, 0.2) is 11.5 Å². The quantitative estimate of drug-likeness (QED) is 0.718. The number of aromatic hydroxyl groups is 2. The molecule has 1 atom stereocenters. The van der Waals surface area contributed by atoms with Crippen LogP contribution in [0.5, 0.6) is 11.5 Å². The number of phenolic OH excluding ortho intramolecular Hbond substituents is 2. The Balaban J connectivity index is 1.81. The smallest absolute Gasteiger partial charge is 0.223 e. The summed E-state index contributed by atoms with van der Waals surface area (Å²) in [5.74, 6) is -1.03. The second-order valence-corrected chi connectivity index (χ2v) is 5.60. The number of carbonyl (C=O) groups is 1. The van der Waals surface area contributed by atoms with Gasteiger partial charge in [-0.2, -0.15) is 0 Å². The predicted molar refractivity (Wildman–Crippen MR) is 85.8 cm³/mol. The summed E-state index contributed by atoms with van der Waals surface area (Å²) < 4.78 is 13.1. The molecule has 2 aromatic carbocycles. The average molecular weight is 317 g/mol. The van der Waals surface area contributed by atoms with Crippen molar-refractivity contribution < 1.29 is 19.4 Å². The Hall–Kier alpha value is -2.56. The van der Waals surface area contributed by atoms with Crippen LogP contribution in [0.15, 0.2) is 42.5 Å². The van der Waals surface area contributed by atoms with E-state index in [1.54, 1.807) is 19.1 Å². The van der Waals surface area contributed by atoms with Crippen molar-refractivity contribution in [2.24, 2.45) is 5.92 Å². The summed E-state index contributed by atoms with van der Waals surface area (Å²) in [6, 6.07) is 10.8. The van der Waals surface area contributed by atoms with E-state index in [0.29, 0.717) is 19.4 Å². The first-order chi connectivity index (χ1) is 11.0. The maximum atomic E-state index is 13.1. The molecule has 1 amide bonds. The predicted octanol–water partition coefficient (Wildman–Crippen LogP) is 2.77. The minimum atomic E-state index is -0.283. The molecule has 0 bridgehead atoms. The zero-order valence-corrected chi connectivity index (χ0v) is 12.9. The van der Waals surface area contributed by atoms with E-state index in [1.807, 2.05) is 6.07 Å². The van der Waals surface area contributed by atoms with E-state index in [4.69, 9.17) is 0 Å². The van der Waals surface area contributed by atoms with Gasteiger partial charge in [0.2, 0.25) is 5.91 Å². The van der Waals surface area contributed by atoms with E-state index in [-0.39, 0.29) is 29.1 Å². The van der Waals surface area contributed by atoms with E-state index >= 15 is 0 Å². The third-order valence-electron chi connectivity index (χ3n) is 3.63. The lowest BCUT2D eigenvalue weighted by Gasteiger charge is -2.13. The molecule has 1 unspecified atom stereocenters. The highest BCUT2D eigenvalue weighted by molar-refractivity contribution is 5.78. The van der Waals surface area contributed by atoms with Crippen LogP contribution in [0, 0.1) is 11.7 Å². The third-order valence-corrected chi connectivity index (χ3v) is 3.63. The Morgan fingerprint density at radius 3 is 2.61 bits per heavy atom. The topological polar surface area (TPSA) is 69.6 Å². The summed E-state index contributed by atoms with van der Waals surface area (Å²) in [7, 11) is 0. The van der Waals surface area contributed by atoms with Gasteiger partial charge in [-0.25, -0.2) is 4.39 Å². The number of nitrogens with one attached hydrogen (secondary N) is 1. The zero-order chi connectivity index (χ0) is 16.8. The number of hydrogen-bond donors (Lipinski definition) is 3. The minimum absolute atomic E-state index is 0.103. The van der Waals surface area contributed by atoms with Gasteiger partial charge in [-0.05, 0) is 48.2 Å². The SMILES string of the molecule is CC(Cc1ccc(O)c(O)c1)C(=O)NCCc1cccc(F)c1. The highest BCUT2D eigenvalue weighted by atomic mass is 19.1. The first kappa shape index (κ1) is 16.8. The summed E-state index contributed by atoms with van der Waals surface area (Å²) >= 11 is 0. The molecule has 2 aromatic rings. The Bertz CT molecular complexity index is 688. The number of carbonyl (C=O) groups excluding carboxylic acids is 1. The summed E-state index contributed by atoms with van der Waals surface area (Å²) in [6.45, 7) is 2.23. The van der Waals surface area contributed by atoms with Gasteiger partial charge in [0.25, 0.3) is 0 Å². The second-order valence-electron chi connectivity index (χ2n) is 5.60. The van der Waals surface area contributed by atoms with Crippen LogP contribution in [-0.2, 0) is 17.6 Å². The molecule has 0 spiro atoms. The number of phenols is 2. The molecule has 3 N–H and O–H groups in total. The molecule has 0 heterocycles. The van der Waals surface area contributed by atoms with Gasteiger partial charge in [0, 0.05) is 12.5 Å². The maximum absolute atomic E-state index is 13.1. The number of halogens is 1. The fourth-order valence-electron chi connectivity index (χ4n) is 2.34. The summed E-state index contributed by atoms with van der Waals surface area (Å²) in [4.78, 5) is 12.1. The van der Waals surface area contributed by atoms with Crippen molar-refractivity contribution in [1.82, 2.24) is 5.32 Å². The molecular formula is C18H20FNO3. The van der Waals surface area contributed by atoms with E-state index in [2.05, 4.69) is 5.32 Å². The van der Waals surface area contributed by atoms with E-state index in [1.165, 1.54) is 24.3 Å². The van der Waals surface area contributed by atoms with Crippen molar-refractivity contribution in [2.75, 3.05) is 6.54 Å². The lowest BCUT2D eigenvalue weighted by Crippen LogP contribution is -2.31. The van der Waals surface area contributed by atoms with Crippen LogP contribution < -0.4 is 5.32 Å². The first-order valence-electron chi connectivity index (χ1n) is 7.48. The monoisotopic (exact) mass is 317 g/mol. The normalized spacial score (nSPS) is 11.9. The van der Waals surface area contributed by atoms with Gasteiger partial charge in [-0.1, -0.05) is 25.1 Å². The molecule has 5 heteroatoms. The van der Waals surface area contributed by atoms with Gasteiger partial charge >= 0.3 is 0 Å². The molecule has 0 aliphatic rings. The molecule has 0 radical (unpaired) electrons. The van der Waals surface area contributed by atoms with E-state index in [9.17, 15) is 19.4 Å². The number of amides is 1. The fraction of sp³-hybridized carbons (Fsp3) is 0.278. The highest BCUT2D eigenvalue weighted by Gasteiger charge is 2.14. The van der Waals surface area contributed by atoms with Crippen LogP contribution in [-0.4, -0.2) is 22.7 Å². The van der Waals surface area contributed by atoms with Crippen molar-refractivity contribution in [1.29, 1.82) is 0 Å². The molecule has 2 rings (SSSR count). The molecule has 122 valence electrons. The van der Waals surface area contributed by atoms with Crippen LogP contribution in [0.4, 0.5) is 4.39 Å². The lowest BCUT2D eigenvalue weighted by molar-refractivity contribution is -0.124. The zero-order valence-electron chi connectivity index (χ0n) is 12.9. The highest BCUT2D eigenvalue weighted by Crippen LogP contribution is 2.26. The molecule has 0 fully saturated rings. The molecule has 0 saturated carbocycles. The van der Waals surface area contributed by atoms with Gasteiger partial charge < -0.3 is 15.5 Å². The van der Waals surface area contributed by atoms with Crippen LogP contribution in [0.3, 0.4) is 0 Å². The summed E-state index contributed by atoms with van der Waals surface area (Å²) in [5, 5.41) is 21.6. The largest absolute Gasteiger partial charge is 0.504 e. The van der Waals surface area contributed by atoms with Gasteiger partial charge in [0.05, 0.1) is 0 Å². The van der Waals surface area contributed by atoms with Crippen LogP contribution in [0.25, 0.3) is 0 Å². The third kappa shape index (κ3) is 4.98. The number of rotatable bonds is 6. The van der Waals surface area contributed by atoms with Crippen molar-refractivity contribution in [3.63, 3.8) is 0 Å². The van der Waals surface area contributed by atoms with Crippen molar-refractivity contribution in [2.45, 2.75) is 19.8 Å². The lowest BCUT2D eigenvalue weighted by atomic mass is 10.00. The second kappa shape index (κ2) is 7.63. The Kier molecular flexibility index (Phi) is 5.57. The van der Waals surface area contributed by atoms with Crippen LogP contribution in [0.2, 0.25) is 0 Å². The van der Waals surface area contributed by atoms with Gasteiger partial charge in [-0.3, -0.25) is 4.79 Å². The first-order valence-corrected chi connectivity index (χ1v) is 7.48. The number of hydrogen-bond acceptors (Lipinski definition) is 3. The van der Waals surface area contributed by atoms with Crippen molar-refractivity contribution >= 4 is 5.91 Å². The molecule has 0 aliphatic heterocycles. The summed E-state index contributed by atoms with van der Waals surface area (Å²) in [6.07, 6.45) is 1.02. The van der Waals surface area contributed by atoms with Gasteiger partial charge in [0.1, 0.15) is 5.82 Å². The maximum Gasteiger partial charge on any atom is 0.223 e. The van der Waals surface area contributed by atoms with Crippen LogP contribution >= 0.6 is 0 Å². The number of benzene rings is 2. The molecular weight excluding hydrogens is 297 g/mol.